The monoisotopic (exact) mass is 283 g/mol. The fraction of sp³-hybridized carbons (Fsp3) is 0.438. The van der Waals surface area contributed by atoms with Crippen LogP contribution >= 0.6 is 0 Å². The van der Waals surface area contributed by atoms with Crippen LogP contribution < -0.4 is 10.7 Å². The Kier molecular flexibility index (Phi) is 2.49. The van der Waals surface area contributed by atoms with Crippen molar-refractivity contribution in [3.05, 3.63) is 29.3 Å². The van der Waals surface area contributed by atoms with E-state index in [2.05, 4.69) is 28.8 Å². The second-order valence-electron chi connectivity index (χ2n) is 6.29. The van der Waals surface area contributed by atoms with Gasteiger partial charge in [-0.15, -0.1) is 0 Å². The summed E-state index contributed by atoms with van der Waals surface area (Å²) in [7, 11) is 0. The third kappa shape index (κ3) is 1.80. The van der Waals surface area contributed by atoms with Crippen molar-refractivity contribution < 1.29 is 9.59 Å². The molecule has 5 nitrogen and oxygen atoms in total. The fourth-order valence-corrected chi connectivity index (χ4v) is 3.30. The molecular weight excluding hydrogens is 266 g/mol. The van der Waals surface area contributed by atoms with Gasteiger partial charge in [0, 0.05) is 23.4 Å². The summed E-state index contributed by atoms with van der Waals surface area (Å²) >= 11 is 0. The molecular formula is C16H17N3O2. The maximum atomic E-state index is 11.9. The van der Waals surface area contributed by atoms with Gasteiger partial charge in [-0.25, -0.2) is 5.43 Å². The number of carbonyl (C=O) groups is 2. The summed E-state index contributed by atoms with van der Waals surface area (Å²) in [4.78, 5) is 23.4. The summed E-state index contributed by atoms with van der Waals surface area (Å²) in [6.07, 6.45) is 0.893. The number of benzene rings is 1. The topological polar surface area (TPSA) is 70.6 Å². The van der Waals surface area contributed by atoms with Gasteiger partial charge in [-0.2, -0.15) is 5.10 Å². The van der Waals surface area contributed by atoms with E-state index in [1.54, 1.807) is 0 Å². The highest BCUT2D eigenvalue weighted by Crippen LogP contribution is 2.44. The molecule has 5 heteroatoms. The lowest BCUT2D eigenvalue weighted by atomic mass is 9.83. The molecule has 0 spiro atoms. The minimum atomic E-state index is -0.0329. The molecule has 0 radical (unpaired) electrons. The molecule has 21 heavy (non-hydrogen) atoms. The van der Waals surface area contributed by atoms with Gasteiger partial charge in [-0.3, -0.25) is 9.59 Å². The van der Waals surface area contributed by atoms with Crippen molar-refractivity contribution in [2.45, 2.75) is 26.2 Å². The Bertz CT molecular complexity index is 695. The molecule has 3 aliphatic rings. The van der Waals surface area contributed by atoms with Gasteiger partial charge in [0.05, 0.1) is 5.71 Å². The Morgan fingerprint density at radius 2 is 1.90 bits per heavy atom. The van der Waals surface area contributed by atoms with E-state index >= 15 is 0 Å². The molecule has 4 unspecified atom stereocenters. The molecule has 2 heterocycles. The van der Waals surface area contributed by atoms with E-state index in [-0.39, 0.29) is 35.5 Å². The van der Waals surface area contributed by atoms with E-state index in [0.717, 1.165) is 28.9 Å². The Morgan fingerprint density at radius 3 is 2.71 bits per heavy atom. The molecule has 4 atom stereocenters. The van der Waals surface area contributed by atoms with Gasteiger partial charge in [-0.1, -0.05) is 19.9 Å². The zero-order valence-electron chi connectivity index (χ0n) is 12.0. The first-order valence-corrected chi connectivity index (χ1v) is 7.39. The van der Waals surface area contributed by atoms with Crippen molar-refractivity contribution >= 4 is 23.2 Å². The number of amides is 2. The Balaban J connectivity index is 1.73. The van der Waals surface area contributed by atoms with Crippen LogP contribution in [0.1, 0.15) is 37.3 Å². The quantitative estimate of drug-likeness (QED) is 0.825. The summed E-state index contributed by atoms with van der Waals surface area (Å²) in [5.41, 5.74) is 6.67. The number of anilines is 1. The van der Waals surface area contributed by atoms with Gasteiger partial charge in [-0.05, 0) is 35.6 Å². The number of carbonyl (C=O) groups excluding carboxylic acids is 2. The van der Waals surface area contributed by atoms with Crippen molar-refractivity contribution in [3.8, 4) is 0 Å². The summed E-state index contributed by atoms with van der Waals surface area (Å²) in [5.74, 6) is 0.632. The molecule has 0 aromatic heterocycles. The fourth-order valence-electron chi connectivity index (χ4n) is 3.30. The number of nitrogens with one attached hydrogen (secondary N) is 2. The maximum Gasteiger partial charge on any atom is 0.243 e. The summed E-state index contributed by atoms with van der Waals surface area (Å²) in [5, 5.41) is 7.19. The van der Waals surface area contributed by atoms with Crippen LogP contribution in [0.4, 0.5) is 5.69 Å². The van der Waals surface area contributed by atoms with Crippen molar-refractivity contribution in [1.82, 2.24) is 5.43 Å². The van der Waals surface area contributed by atoms with Crippen LogP contribution in [0.15, 0.2) is 23.3 Å². The van der Waals surface area contributed by atoms with Gasteiger partial charge in [0.15, 0.2) is 0 Å². The van der Waals surface area contributed by atoms with Crippen LogP contribution in [0.25, 0.3) is 0 Å². The van der Waals surface area contributed by atoms with Gasteiger partial charge < -0.3 is 5.32 Å². The van der Waals surface area contributed by atoms with Crippen LogP contribution in [0.5, 0.6) is 0 Å². The van der Waals surface area contributed by atoms with Crippen molar-refractivity contribution in [2.24, 2.45) is 22.9 Å². The number of hydrogen-bond donors (Lipinski definition) is 2. The number of rotatable bonds is 1. The number of hydrazone groups is 1. The third-order valence-corrected chi connectivity index (χ3v) is 5.02. The maximum absolute atomic E-state index is 11.9. The highest BCUT2D eigenvalue weighted by atomic mass is 16.2. The predicted octanol–water partition coefficient (Wildman–Crippen LogP) is 1.85. The highest BCUT2D eigenvalue weighted by Gasteiger charge is 2.49. The van der Waals surface area contributed by atoms with Gasteiger partial charge in [0.2, 0.25) is 11.8 Å². The molecule has 108 valence electrons. The molecule has 0 bridgehead atoms. The first kappa shape index (κ1) is 12.6. The van der Waals surface area contributed by atoms with E-state index in [9.17, 15) is 9.59 Å². The Hall–Kier alpha value is -2.17. The molecule has 2 amide bonds. The SMILES string of the molecule is CC1C(=O)Nc2ccc(C3=NNC(=O)C4CC34)cc2C1C. The molecule has 1 aromatic rings. The molecule has 1 aliphatic carbocycles. The molecule has 1 saturated carbocycles. The van der Waals surface area contributed by atoms with Crippen LogP contribution in [-0.4, -0.2) is 17.5 Å². The first-order chi connectivity index (χ1) is 10.1. The Labute approximate surface area is 122 Å². The van der Waals surface area contributed by atoms with Crippen LogP contribution in [0.2, 0.25) is 0 Å². The van der Waals surface area contributed by atoms with Crippen molar-refractivity contribution in [1.29, 1.82) is 0 Å². The summed E-state index contributed by atoms with van der Waals surface area (Å²) in [6, 6.07) is 6.04. The molecule has 1 fully saturated rings. The lowest BCUT2D eigenvalue weighted by Crippen LogP contribution is -2.31. The van der Waals surface area contributed by atoms with E-state index in [1.807, 2.05) is 19.1 Å². The van der Waals surface area contributed by atoms with E-state index in [0.29, 0.717) is 0 Å². The minimum absolute atomic E-state index is 0.0329. The predicted molar refractivity (Wildman–Crippen MR) is 78.9 cm³/mol. The lowest BCUT2D eigenvalue weighted by molar-refractivity contribution is -0.122. The zero-order valence-corrected chi connectivity index (χ0v) is 12.0. The number of nitrogens with zero attached hydrogens (tertiary/aromatic N) is 1. The number of hydrogen-bond acceptors (Lipinski definition) is 3. The third-order valence-electron chi connectivity index (χ3n) is 5.02. The smallest absolute Gasteiger partial charge is 0.243 e. The Morgan fingerprint density at radius 1 is 1.10 bits per heavy atom. The highest BCUT2D eigenvalue weighted by molar-refractivity contribution is 6.10. The standard InChI is InChI=1S/C16H17N3O2/c1-7-8(2)15(20)17-13-4-3-9(5-10(7)13)14-11-6-12(11)16(21)19-18-14/h3-5,7-8,11-12H,6H2,1-2H3,(H,17,20)(H,19,21). The van der Waals surface area contributed by atoms with Gasteiger partial charge in [0.1, 0.15) is 0 Å². The van der Waals surface area contributed by atoms with Crippen molar-refractivity contribution in [3.63, 3.8) is 0 Å². The van der Waals surface area contributed by atoms with E-state index in [1.165, 1.54) is 0 Å². The van der Waals surface area contributed by atoms with Gasteiger partial charge in [0.25, 0.3) is 0 Å². The number of fused-ring (bicyclic) bond motifs is 2. The average Bonchev–Trinajstić information content (AvgIpc) is 3.27. The van der Waals surface area contributed by atoms with Crippen LogP contribution in [0.3, 0.4) is 0 Å². The van der Waals surface area contributed by atoms with Crippen LogP contribution in [-0.2, 0) is 9.59 Å². The molecule has 4 rings (SSSR count). The second kappa shape index (κ2) is 4.16. The van der Waals surface area contributed by atoms with Crippen LogP contribution in [0, 0.1) is 17.8 Å². The molecule has 0 saturated heterocycles. The average molecular weight is 283 g/mol. The minimum Gasteiger partial charge on any atom is -0.326 e. The normalized spacial score (nSPS) is 33.3. The largest absolute Gasteiger partial charge is 0.326 e. The lowest BCUT2D eigenvalue weighted by Gasteiger charge is -2.29. The second-order valence-corrected chi connectivity index (χ2v) is 6.29. The zero-order chi connectivity index (χ0) is 14.7. The summed E-state index contributed by atoms with van der Waals surface area (Å²) < 4.78 is 0. The van der Waals surface area contributed by atoms with E-state index < -0.39 is 0 Å². The molecule has 1 aromatic carbocycles. The van der Waals surface area contributed by atoms with Gasteiger partial charge >= 0.3 is 0 Å². The first-order valence-electron chi connectivity index (χ1n) is 7.39. The summed E-state index contributed by atoms with van der Waals surface area (Å²) in [6.45, 7) is 4.03. The molecule has 2 aliphatic heterocycles. The molecule has 2 N–H and O–H groups in total. The van der Waals surface area contributed by atoms with E-state index in [4.69, 9.17) is 0 Å². The van der Waals surface area contributed by atoms with Crippen molar-refractivity contribution in [2.75, 3.05) is 5.32 Å².